The Bertz CT molecular complexity index is 99.2. The molecule has 0 bridgehead atoms. The predicted octanol–water partition coefficient (Wildman–Crippen LogP) is -0.0192. The van der Waals surface area contributed by atoms with Crippen molar-refractivity contribution in [2.45, 2.75) is 12.8 Å². The molecule has 3 heteroatoms. The van der Waals surface area contributed by atoms with Crippen molar-refractivity contribution in [2.24, 2.45) is 5.92 Å². The first kappa shape index (κ1) is 6.81. The number of carbonyl (C=O) groups excluding carboxylic acids is 1. The molecule has 48 valence electrons. The van der Waals surface area contributed by atoms with Gasteiger partial charge in [-0.2, -0.15) is 0 Å². The molecule has 0 saturated carbocycles. The molecule has 1 heterocycles. The molecule has 2 nitrogen and oxygen atoms in total. The van der Waals surface area contributed by atoms with Crippen LogP contribution in [-0.4, -0.2) is 32.2 Å². The highest BCUT2D eigenvalue weighted by Gasteiger charge is 2.14. The molecule has 0 N–H and O–H groups in total. The van der Waals surface area contributed by atoms with E-state index < -0.39 is 0 Å². The van der Waals surface area contributed by atoms with Crippen LogP contribution in [0.3, 0.4) is 0 Å². The van der Waals surface area contributed by atoms with E-state index in [0.717, 1.165) is 32.2 Å². The van der Waals surface area contributed by atoms with Gasteiger partial charge in [-0.05, 0) is 25.9 Å². The lowest BCUT2D eigenvalue weighted by molar-refractivity contribution is -0.112. The summed E-state index contributed by atoms with van der Waals surface area (Å²) in [6.07, 6.45) is 2.90. The Hall–Kier alpha value is -0.305. The van der Waals surface area contributed by atoms with Crippen LogP contribution in [0.1, 0.15) is 12.8 Å². The highest BCUT2D eigenvalue weighted by Crippen LogP contribution is 2.11. The fraction of sp³-hybridized carbons (Fsp3) is 0.833. The van der Waals surface area contributed by atoms with Crippen molar-refractivity contribution < 1.29 is 4.79 Å². The van der Waals surface area contributed by atoms with E-state index in [9.17, 15) is 4.79 Å². The molecule has 0 amide bonds. The van der Waals surface area contributed by atoms with Crippen molar-refractivity contribution >= 4 is 14.3 Å². The van der Waals surface area contributed by atoms with E-state index >= 15 is 0 Å². The zero-order valence-electron chi connectivity index (χ0n) is 5.42. The second-order valence-corrected chi connectivity index (χ2v) is 2.51. The van der Waals surface area contributed by atoms with Gasteiger partial charge in [0.05, 0.1) is 0 Å². The standard InChI is InChI=1S/C6H10BNO/c7-8-3-1-6(5-9)2-4-8/h5-6H,1-4H2. The van der Waals surface area contributed by atoms with Gasteiger partial charge in [0.25, 0.3) is 0 Å². The molecule has 0 aromatic rings. The van der Waals surface area contributed by atoms with E-state index in [1.54, 1.807) is 4.81 Å². The van der Waals surface area contributed by atoms with Crippen molar-refractivity contribution in [3.05, 3.63) is 0 Å². The van der Waals surface area contributed by atoms with Gasteiger partial charge in [-0.25, -0.2) is 0 Å². The van der Waals surface area contributed by atoms with Crippen molar-refractivity contribution in [1.82, 2.24) is 4.81 Å². The number of rotatable bonds is 1. The van der Waals surface area contributed by atoms with Gasteiger partial charge in [-0.3, -0.25) is 0 Å². The highest BCUT2D eigenvalue weighted by molar-refractivity contribution is 6.04. The summed E-state index contributed by atoms with van der Waals surface area (Å²) in [5.74, 6) is 0.268. The lowest BCUT2D eigenvalue weighted by Gasteiger charge is -2.25. The summed E-state index contributed by atoms with van der Waals surface area (Å²) < 4.78 is 0. The molecular formula is C6H10BNO. The molecule has 1 rings (SSSR count). The van der Waals surface area contributed by atoms with Crippen LogP contribution in [0, 0.1) is 5.92 Å². The van der Waals surface area contributed by atoms with Crippen LogP contribution in [0.5, 0.6) is 0 Å². The monoisotopic (exact) mass is 123 g/mol. The van der Waals surface area contributed by atoms with Crippen LogP contribution in [-0.2, 0) is 4.79 Å². The first-order valence-corrected chi connectivity index (χ1v) is 3.28. The van der Waals surface area contributed by atoms with Crippen LogP contribution in [0.4, 0.5) is 0 Å². The van der Waals surface area contributed by atoms with Gasteiger partial charge in [0, 0.05) is 5.92 Å². The Morgan fingerprint density at radius 1 is 1.44 bits per heavy atom. The summed E-state index contributed by atoms with van der Waals surface area (Å²) in [5.41, 5.74) is 0. The van der Waals surface area contributed by atoms with Crippen molar-refractivity contribution in [1.29, 1.82) is 0 Å². The van der Waals surface area contributed by atoms with E-state index in [2.05, 4.69) is 0 Å². The number of aldehydes is 1. The molecule has 1 saturated heterocycles. The zero-order chi connectivity index (χ0) is 6.69. The minimum atomic E-state index is 0.268. The largest absolute Gasteiger partial charge is 0.353 e. The Morgan fingerprint density at radius 3 is 2.44 bits per heavy atom. The van der Waals surface area contributed by atoms with Gasteiger partial charge < -0.3 is 9.61 Å². The molecular weight excluding hydrogens is 113 g/mol. The number of hydrogen-bond acceptors (Lipinski definition) is 2. The van der Waals surface area contributed by atoms with Crippen molar-refractivity contribution in [3.8, 4) is 0 Å². The molecule has 0 aromatic heterocycles. The average Bonchev–Trinajstić information content (AvgIpc) is 1.90. The van der Waals surface area contributed by atoms with Crippen molar-refractivity contribution in [3.63, 3.8) is 0 Å². The number of hydrogen-bond donors (Lipinski definition) is 0. The molecule has 2 radical (unpaired) electrons. The van der Waals surface area contributed by atoms with Gasteiger partial charge in [0.2, 0.25) is 0 Å². The third-order valence-electron chi connectivity index (χ3n) is 1.77. The number of carbonyl (C=O) groups is 1. The third-order valence-corrected chi connectivity index (χ3v) is 1.77. The van der Waals surface area contributed by atoms with E-state index in [1.807, 2.05) is 0 Å². The molecule has 0 aliphatic carbocycles. The molecule has 1 aliphatic heterocycles. The maximum Gasteiger partial charge on any atom is 0.182 e. The summed E-state index contributed by atoms with van der Waals surface area (Å²) >= 11 is 0. The topological polar surface area (TPSA) is 20.3 Å². The highest BCUT2D eigenvalue weighted by atomic mass is 16.1. The summed E-state index contributed by atoms with van der Waals surface area (Å²) in [6.45, 7) is 1.73. The SMILES string of the molecule is [B]N1CCC(C=O)CC1. The van der Waals surface area contributed by atoms with Gasteiger partial charge in [-0.15, -0.1) is 0 Å². The lowest BCUT2D eigenvalue weighted by atomic mass is 9.97. The zero-order valence-corrected chi connectivity index (χ0v) is 5.42. The molecule has 0 unspecified atom stereocenters. The fourth-order valence-electron chi connectivity index (χ4n) is 1.06. The molecule has 0 aromatic carbocycles. The van der Waals surface area contributed by atoms with Crippen LogP contribution < -0.4 is 0 Å². The first-order chi connectivity index (χ1) is 4.33. The van der Waals surface area contributed by atoms with Gasteiger partial charge >= 0.3 is 0 Å². The molecule has 9 heavy (non-hydrogen) atoms. The predicted molar refractivity (Wildman–Crippen MR) is 36.1 cm³/mol. The minimum absolute atomic E-state index is 0.268. The van der Waals surface area contributed by atoms with Crippen LogP contribution in [0.25, 0.3) is 0 Å². The van der Waals surface area contributed by atoms with E-state index in [-0.39, 0.29) is 5.92 Å². The second-order valence-electron chi connectivity index (χ2n) is 2.51. The molecule has 0 spiro atoms. The Kier molecular flexibility index (Phi) is 2.28. The lowest BCUT2D eigenvalue weighted by Crippen LogP contribution is -2.31. The smallest absolute Gasteiger partial charge is 0.182 e. The summed E-state index contributed by atoms with van der Waals surface area (Å²) in [6, 6.07) is 0. The van der Waals surface area contributed by atoms with Crippen LogP contribution >= 0.6 is 0 Å². The number of piperidine rings is 1. The van der Waals surface area contributed by atoms with E-state index in [0.29, 0.717) is 0 Å². The van der Waals surface area contributed by atoms with Crippen molar-refractivity contribution in [2.75, 3.05) is 13.1 Å². The Labute approximate surface area is 56.7 Å². The summed E-state index contributed by atoms with van der Waals surface area (Å²) in [7, 11) is 5.47. The summed E-state index contributed by atoms with van der Waals surface area (Å²) in [5, 5.41) is 0. The molecule has 1 aliphatic rings. The van der Waals surface area contributed by atoms with Gasteiger partial charge in [-0.1, -0.05) is 0 Å². The maximum absolute atomic E-state index is 10.2. The quantitative estimate of drug-likeness (QED) is 0.360. The van der Waals surface area contributed by atoms with Gasteiger partial charge in [0.15, 0.2) is 7.98 Å². The fourth-order valence-corrected chi connectivity index (χ4v) is 1.06. The van der Waals surface area contributed by atoms with E-state index in [1.165, 1.54) is 0 Å². The van der Waals surface area contributed by atoms with Gasteiger partial charge in [0.1, 0.15) is 6.29 Å². The minimum Gasteiger partial charge on any atom is -0.353 e. The maximum atomic E-state index is 10.2. The average molecular weight is 123 g/mol. The van der Waals surface area contributed by atoms with Crippen LogP contribution in [0.2, 0.25) is 0 Å². The number of nitrogens with zero attached hydrogens (tertiary/aromatic N) is 1. The first-order valence-electron chi connectivity index (χ1n) is 3.28. The summed E-state index contributed by atoms with van der Waals surface area (Å²) in [4.78, 5) is 12.0. The van der Waals surface area contributed by atoms with E-state index in [4.69, 9.17) is 7.98 Å². The molecule has 1 fully saturated rings. The third kappa shape index (κ3) is 1.82. The van der Waals surface area contributed by atoms with Crippen LogP contribution in [0.15, 0.2) is 0 Å². The Balaban J connectivity index is 2.26. The molecule has 0 atom stereocenters. The Morgan fingerprint density at radius 2 is 2.00 bits per heavy atom. The normalized spacial score (nSPS) is 24.0. The second kappa shape index (κ2) is 3.02.